The highest BCUT2D eigenvalue weighted by Crippen LogP contribution is 2.34. The Morgan fingerprint density at radius 2 is 2.00 bits per heavy atom. The van der Waals surface area contributed by atoms with Gasteiger partial charge in [-0.25, -0.2) is 4.39 Å². The minimum absolute atomic E-state index is 0.109. The van der Waals surface area contributed by atoms with E-state index in [-0.39, 0.29) is 11.9 Å². The second-order valence-electron chi connectivity index (χ2n) is 4.49. The van der Waals surface area contributed by atoms with Gasteiger partial charge in [-0.05, 0) is 75.2 Å². The van der Waals surface area contributed by atoms with Crippen LogP contribution >= 0.6 is 31.9 Å². The van der Waals surface area contributed by atoms with Crippen molar-refractivity contribution >= 4 is 31.9 Å². The van der Waals surface area contributed by atoms with Gasteiger partial charge in [0.2, 0.25) is 0 Å². The molecule has 2 nitrogen and oxygen atoms in total. The van der Waals surface area contributed by atoms with Crippen LogP contribution in [0.15, 0.2) is 45.3 Å². The van der Waals surface area contributed by atoms with Gasteiger partial charge >= 0.3 is 0 Å². The normalized spacial score (nSPS) is 12.2. The Balaban J connectivity index is 2.42. The van der Waals surface area contributed by atoms with Crippen LogP contribution in [0.1, 0.15) is 24.1 Å². The lowest BCUT2D eigenvalue weighted by molar-refractivity contribution is 0.338. The smallest absolute Gasteiger partial charge is 0.137 e. The van der Waals surface area contributed by atoms with Gasteiger partial charge in [-0.1, -0.05) is 18.2 Å². The van der Waals surface area contributed by atoms with Crippen LogP contribution < -0.4 is 10.1 Å². The zero-order valence-corrected chi connectivity index (χ0v) is 15.0. The largest absolute Gasteiger partial charge is 0.493 e. The third-order valence-electron chi connectivity index (χ3n) is 3.17. The van der Waals surface area contributed by atoms with E-state index in [1.807, 2.05) is 38.2 Å². The van der Waals surface area contributed by atoms with E-state index < -0.39 is 0 Å². The van der Waals surface area contributed by atoms with Gasteiger partial charge in [0.05, 0.1) is 21.6 Å². The van der Waals surface area contributed by atoms with E-state index in [1.165, 1.54) is 6.07 Å². The molecule has 21 heavy (non-hydrogen) atoms. The molecule has 0 spiro atoms. The molecule has 0 aliphatic carbocycles. The molecule has 0 bridgehead atoms. The summed E-state index contributed by atoms with van der Waals surface area (Å²) in [5, 5.41) is 3.22. The van der Waals surface area contributed by atoms with Crippen LogP contribution in [-0.4, -0.2) is 13.7 Å². The topological polar surface area (TPSA) is 21.3 Å². The van der Waals surface area contributed by atoms with E-state index in [1.54, 1.807) is 6.07 Å². The van der Waals surface area contributed by atoms with E-state index in [0.717, 1.165) is 21.3 Å². The molecule has 0 saturated carbocycles. The molecule has 2 aromatic carbocycles. The summed E-state index contributed by atoms with van der Waals surface area (Å²) >= 11 is 6.84. The van der Waals surface area contributed by atoms with Crippen molar-refractivity contribution in [3.63, 3.8) is 0 Å². The Hall–Kier alpha value is -0.910. The molecule has 2 aromatic rings. The average Bonchev–Trinajstić information content (AvgIpc) is 2.47. The number of ether oxygens (including phenoxy) is 1. The summed E-state index contributed by atoms with van der Waals surface area (Å²) in [6, 6.07) is 10.8. The van der Waals surface area contributed by atoms with Crippen molar-refractivity contribution in [2.24, 2.45) is 0 Å². The fourth-order valence-electron chi connectivity index (χ4n) is 2.21. The number of halogens is 3. The third-order valence-corrected chi connectivity index (χ3v) is 4.63. The molecule has 0 saturated heterocycles. The third kappa shape index (κ3) is 3.65. The molecule has 112 valence electrons. The second-order valence-corrected chi connectivity index (χ2v) is 6.13. The molecule has 2 rings (SSSR count). The van der Waals surface area contributed by atoms with Crippen molar-refractivity contribution in [3.05, 3.63) is 62.3 Å². The van der Waals surface area contributed by atoms with Crippen molar-refractivity contribution in [1.29, 1.82) is 0 Å². The first-order valence-corrected chi connectivity index (χ1v) is 8.20. The molecule has 5 heteroatoms. The van der Waals surface area contributed by atoms with Crippen molar-refractivity contribution in [2.45, 2.75) is 13.0 Å². The second kappa shape index (κ2) is 7.38. The first-order chi connectivity index (χ1) is 10.1. The van der Waals surface area contributed by atoms with Crippen molar-refractivity contribution in [2.75, 3.05) is 13.7 Å². The molecular formula is C16H16Br2FNO. The molecule has 1 N–H and O–H groups in total. The van der Waals surface area contributed by atoms with Crippen LogP contribution in [0.3, 0.4) is 0 Å². The van der Waals surface area contributed by atoms with E-state index in [9.17, 15) is 4.39 Å². The highest BCUT2D eigenvalue weighted by Gasteiger charge is 2.18. The SMILES string of the molecule is CCOc1ccc(C(NC)c2cccc(F)c2Br)cc1Br. The molecule has 1 atom stereocenters. The number of hydrogen-bond acceptors (Lipinski definition) is 2. The maximum absolute atomic E-state index is 13.7. The van der Waals surface area contributed by atoms with Gasteiger partial charge in [0.1, 0.15) is 11.6 Å². The van der Waals surface area contributed by atoms with Crippen LogP contribution in [0, 0.1) is 5.82 Å². The zero-order valence-electron chi connectivity index (χ0n) is 11.8. The summed E-state index contributed by atoms with van der Waals surface area (Å²) in [6.45, 7) is 2.56. The lowest BCUT2D eigenvalue weighted by atomic mass is 9.98. The summed E-state index contributed by atoms with van der Waals surface area (Å²) in [7, 11) is 1.85. The van der Waals surface area contributed by atoms with Crippen molar-refractivity contribution < 1.29 is 9.13 Å². The van der Waals surface area contributed by atoms with Gasteiger partial charge in [0.15, 0.2) is 0 Å². The van der Waals surface area contributed by atoms with E-state index in [4.69, 9.17) is 4.74 Å². The number of nitrogens with one attached hydrogen (secondary N) is 1. The minimum Gasteiger partial charge on any atom is -0.493 e. The van der Waals surface area contributed by atoms with Crippen LogP contribution in [0.5, 0.6) is 5.75 Å². The van der Waals surface area contributed by atoms with E-state index in [2.05, 4.69) is 37.2 Å². The molecule has 0 aliphatic rings. The number of hydrogen-bond donors (Lipinski definition) is 1. The molecule has 1 unspecified atom stereocenters. The monoisotopic (exact) mass is 415 g/mol. The molecular weight excluding hydrogens is 401 g/mol. The molecule has 0 fully saturated rings. The van der Waals surface area contributed by atoms with Gasteiger partial charge in [0.25, 0.3) is 0 Å². The molecule has 0 amide bonds. The summed E-state index contributed by atoms with van der Waals surface area (Å²) < 4.78 is 20.6. The Labute approximate surface area is 141 Å². The minimum atomic E-state index is -0.266. The molecule has 0 heterocycles. The highest BCUT2D eigenvalue weighted by atomic mass is 79.9. The van der Waals surface area contributed by atoms with Gasteiger partial charge in [-0.15, -0.1) is 0 Å². The van der Waals surface area contributed by atoms with Crippen LogP contribution in [0.25, 0.3) is 0 Å². The number of benzene rings is 2. The average molecular weight is 417 g/mol. The first-order valence-electron chi connectivity index (χ1n) is 6.61. The fraction of sp³-hybridized carbons (Fsp3) is 0.250. The fourth-order valence-corrected chi connectivity index (χ4v) is 3.22. The predicted molar refractivity (Wildman–Crippen MR) is 90.3 cm³/mol. The lowest BCUT2D eigenvalue weighted by Crippen LogP contribution is -2.18. The summed E-state index contributed by atoms with van der Waals surface area (Å²) in [4.78, 5) is 0. The maximum Gasteiger partial charge on any atom is 0.137 e. The molecule has 0 radical (unpaired) electrons. The summed E-state index contributed by atoms with van der Waals surface area (Å²) in [6.07, 6.45) is 0. The Morgan fingerprint density at radius 3 is 2.62 bits per heavy atom. The van der Waals surface area contributed by atoms with Gasteiger partial charge < -0.3 is 10.1 Å². The van der Waals surface area contributed by atoms with Crippen LogP contribution in [-0.2, 0) is 0 Å². The van der Waals surface area contributed by atoms with Gasteiger partial charge in [-0.2, -0.15) is 0 Å². The summed E-state index contributed by atoms with van der Waals surface area (Å²) in [5.74, 6) is 0.534. The van der Waals surface area contributed by atoms with E-state index >= 15 is 0 Å². The highest BCUT2D eigenvalue weighted by molar-refractivity contribution is 9.10. The standard InChI is InChI=1S/C16H16Br2FNO/c1-3-21-14-8-7-10(9-12(14)17)16(20-2)11-5-4-6-13(19)15(11)18/h4-9,16,20H,3H2,1-2H3. The van der Waals surface area contributed by atoms with Crippen molar-refractivity contribution in [1.82, 2.24) is 5.32 Å². The Kier molecular flexibility index (Phi) is 5.79. The van der Waals surface area contributed by atoms with Crippen LogP contribution in [0.4, 0.5) is 4.39 Å². The summed E-state index contributed by atoms with van der Waals surface area (Å²) in [5.41, 5.74) is 1.88. The van der Waals surface area contributed by atoms with Crippen molar-refractivity contribution in [3.8, 4) is 5.75 Å². The Morgan fingerprint density at radius 1 is 1.24 bits per heavy atom. The maximum atomic E-state index is 13.7. The van der Waals surface area contributed by atoms with Gasteiger partial charge in [0, 0.05) is 0 Å². The van der Waals surface area contributed by atoms with E-state index in [0.29, 0.717) is 11.1 Å². The number of rotatable bonds is 5. The Bertz CT molecular complexity index is 634. The first kappa shape index (κ1) is 16.5. The molecule has 0 aliphatic heterocycles. The van der Waals surface area contributed by atoms with Crippen LogP contribution in [0.2, 0.25) is 0 Å². The molecule has 0 aromatic heterocycles. The zero-order chi connectivity index (χ0) is 15.4. The predicted octanol–water partition coefficient (Wildman–Crippen LogP) is 5.06. The lowest BCUT2D eigenvalue weighted by Gasteiger charge is -2.20. The quantitative estimate of drug-likeness (QED) is 0.735. The van der Waals surface area contributed by atoms with Gasteiger partial charge in [-0.3, -0.25) is 0 Å².